The number of amides is 1. The van der Waals surface area contributed by atoms with Gasteiger partial charge in [0, 0.05) is 19.1 Å². The summed E-state index contributed by atoms with van der Waals surface area (Å²) >= 11 is 0. The molecule has 2 rings (SSSR count). The van der Waals surface area contributed by atoms with Gasteiger partial charge in [0.15, 0.2) is 0 Å². The Morgan fingerprint density at radius 3 is 3.00 bits per heavy atom. The van der Waals surface area contributed by atoms with Crippen LogP contribution in [0.5, 0.6) is 0 Å². The summed E-state index contributed by atoms with van der Waals surface area (Å²) < 4.78 is 0. The molecular formula is C6H9N5O. The van der Waals surface area contributed by atoms with E-state index >= 15 is 0 Å². The lowest BCUT2D eigenvalue weighted by atomic mass is 10.1. The molecule has 1 aliphatic heterocycles. The number of carbonyl (C=O) groups is 1. The van der Waals surface area contributed by atoms with Crippen LogP contribution in [-0.4, -0.2) is 45.1 Å². The average molecular weight is 167 g/mol. The van der Waals surface area contributed by atoms with Crippen molar-refractivity contribution in [1.82, 2.24) is 20.1 Å². The molecule has 1 aliphatic rings. The van der Waals surface area contributed by atoms with Crippen molar-refractivity contribution >= 4 is 5.91 Å². The van der Waals surface area contributed by atoms with Crippen LogP contribution in [0.2, 0.25) is 0 Å². The molecule has 2 heterocycles. The van der Waals surface area contributed by atoms with Gasteiger partial charge < -0.3 is 10.6 Å². The van der Waals surface area contributed by atoms with Gasteiger partial charge in [-0.05, 0) is 0 Å². The Balaban J connectivity index is 2.03. The Bertz CT molecular complexity index is 276. The van der Waals surface area contributed by atoms with Gasteiger partial charge in [0.1, 0.15) is 6.33 Å². The number of carbonyl (C=O) groups excluding carboxylic acids is 1. The predicted molar refractivity (Wildman–Crippen MR) is 40.3 cm³/mol. The summed E-state index contributed by atoms with van der Waals surface area (Å²) in [4.78, 5) is 16.7. The molecule has 6 heteroatoms. The number of likely N-dealkylation sites (tertiary alicyclic amines) is 1. The van der Waals surface area contributed by atoms with Crippen molar-refractivity contribution in [2.75, 3.05) is 13.1 Å². The predicted octanol–water partition coefficient (Wildman–Crippen LogP) is -1.41. The van der Waals surface area contributed by atoms with Gasteiger partial charge >= 0.3 is 0 Å². The van der Waals surface area contributed by atoms with Crippen molar-refractivity contribution in [2.24, 2.45) is 5.73 Å². The van der Waals surface area contributed by atoms with Gasteiger partial charge in [0.25, 0.3) is 5.91 Å². The van der Waals surface area contributed by atoms with Gasteiger partial charge in [0.2, 0.25) is 5.82 Å². The van der Waals surface area contributed by atoms with Gasteiger partial charge in [-0.25, -0.2) is 4.98 Å². The molecular weight excluding hydrogens is 158 g/mol. The molecule has 3 N–H and O–H groups in total. The first-order valence-corrected chi connectivity index (χ1v) is 3.67. The SMILES string of the molecule is NC1CN(C(=O)c2ncn[nH]2)C1. The number of H-pyrrole nitrogens is 1. The van der Waals surface area contributed by atoms with Crippen molar-refractivity contribution in [3.8, 4) is 0 Å². The Kier molecular flexibility index (Phi) is 1.54. The normalized spacial score (nSPS) is 17.6. The van der Waals surface area contributed by atoms with Gasteiger partial charge in [-0.2, -0.15) is 5.10 Å². The topological polar surface area (TPSA) is 87.9 Å². The molecule has 0 atom stereocenters. The van der Waals surface area contributed by atoms with Crippen molar-refractivity contribution < 1.29 is 4.79 Å². The molecule has 6 nitrogen and oxygen atoms in total. The zero-order chi connectivity index (χ0) is 8.55. The minimum atomic E-state index is -0.130. The van der Waals surface area contributed by atoms with Crippen LogP contribution in [0.15, 0.2) is 6.33 Å². The zero-order valence-corrected chi connectivity index (χ0v) is 6.40. The maximum atomic E-state index is 11.4. The van der Waals surface area contributed by atoms with Crippen LogP contribution in [0.25, 0.3) is 0 Å². The van der Waals surface area contributed by atoms with Crippen LogP contribution in [0, 0.1) is 0 Å². The second-order valence-corrected chi connectivity index (χ2v) is 2.80. The van der Waals surface area contributed by atoms with E-state index in [-0.39, 0.29) is 17.8 Å². The van der Waals surface area contributed by atoms with Gasteiger partial charge in [-0.1, -0.05) is 0 Å². The van der Waals surface area contributed by atoms with Crippen LogP contribution in [-0.2, 0) is 0 Å². The maximum Gasteiger partial charge on any atom is 0.291 e. The first-order chi connectivity index (χ1) is 5.77. The van der Waals surface area contributed by atoms with Crippen LogP contribution < -0.4 is 5.73 Å². The summed E-state index contributed by atoms with van der Waals surface area (Å²) in [5.74, 6) is 0.149. The number of aromatic amines is 1. The van der Waals surface area contributed by atoms with E-state index in [4.69, 9.17) is 5.73 Å². The van der Waals surface area contributed by atoms with E-state index < -0.39 is 0 Å². The number of hydrogen-bond donors (Lipinski definition) is 2. The number of aromatic nitrogens is 3. The summed E-state index contributed by atoms with van der Waals surface area (Å²) in [5.41, 5.74) is 5.52. The molecule has 0 aromatic carbocycles. The van der Waals surface area contributed by atoms with Crippen molar-refractivity contribution in [3.05, 3.63) is 12.2 Å². The third-order valence-corrected chi connectivity index (χ3v) is 1.81. The molecule has 12 heavy (non-hydrogen) atoms. The third-order valence-electron chi connectivity index (χ3n) is 1.81. The summed E-state index contributed by atoms with van der Waals surface area (Å²) in [6.07, 6.45) is 1.31. The molecule has 0 radical (unpaired) electrons. The largest absolute Gasteiger partial charge is 0.333 e. The second-order valence-electron chi connectivity index (χ2n) is 2.80. The van der Waals surface area contributed by atoms with Gasteiger partial charge in [0.05, 0.1) is 0 Å². The molecule has 0 saturated carbocycles. The lowest BCUT2D eigenvalue weighted by Crippen LogP contribution is -2.58. The van der Waals surface area contributed by atoms with E-state index in [2.05, 4.69) is 15.2 Å². The van der Waals surface area contributed by atoms with Crippen LogP contribution >= 0.6 is 0 Å². The van der Waals surface area contributed by atoms with Crippen molar-refractivity contribution in [1.29, 1.82) is 0 Å². The molecule has 1 saturated heterocycles. The number of rotatable bonds is 1. The van der Waals surface area contributed by atoms with Crippen molar-refractivity contribution in [2.45, 2.75) is 6.04 Å². The van der Waals surface area contributed by atoms with E-state index in [9.17, 15) is 4.79 Å². The highest BCUT2D eigenvalue weighted by Crippen LogP contribution is 2.07. The summed E-state index contributed by atoms with van der Waals surface area (Å²) in [6.45, 7) is 1.22. The Morgan fingerprint density at radius 1 is 1.75 bits per heavy atom. The van der Waals surface area contributed by atoms with Crippen LogP contribution in [0.1, 0.15) is 10.6 Å². The molecule has 0 aliphatic carbocycles. The minimum Gasteiger partial charge on any atom is -0.333 e. The first-order valence-electron chi connectivity index (χ1n) is 3.67. The molecule has 1 fully saturated rings. The van der Waals surface area contributed by atoms with Crippen LogP contribution in [0.4, 0.5) is 0 Å². The third kappa shape index (κ3) is 1.06. The monoisotopic (exact) mass is 167 g/mol. The highest BCUT2D eigenvalue weighted by atomic mass is 16.2. The highest BCUT2D eigenvalue weighted by molar-refractivity contribution is 5.90. The molecule has 1 amide bonds. The number of nitrogens with zero attached hydrogens (tertiary/aromatic N) is 3. The molecule has 0 unspecified atom stereocenters. The lowest BCUT2D eigenvalue weighted by molar-refractivity contribution is 0.0596. The molecule has 64 valence electrons. The van der Waals surface area contributed by atoms with E-state index in [0.717, 1.165) is 0 Å². The first kappa shape index (κ1) is 7.23. The van der Waals surface area contributed by atoms with E-state index in [1.54, 1.807) is 4.90 Å². The molecule has 1 aromatic heterocycles. The van der Waals surface area contributed by atoms with E-state index in [1.807, 2.05) is 0 Å². The standard InChI is InChI=1S/C6H9N5O/c7-4-1-11(2-4)6(12)5-8-3-9-10-5/h3-4H,1-2,7H2,(H,8,9,10). The summed E-state index contributed by atoms with van der Waals surface area (Å²) in [7, 11) is 0. The fraction of sp³-hybridized carbons (Fsp3) is 0.500. The number of hydrogen-bond acceptors (Lipinski definition) is 4. The molecule has 1 aromatic rings. The number of nitrogens with one attached hydrogen (secondary N) is 1. The average Bonchev–Trinajstić information content (AvgIpc) is 2.49. The smallest absolute Gasteiger partial charge is 0.291 e. The Hall–Kier alpha value is -1.43. The van der Waals surface area contributed by atoms with Gasteiger partial charge in [-0.15, -0.1) is 0 Å². The van der Waals surface area contributed by atoms with Gasteiger partial charge in [-0.3, -0.25) is 9.89 Å². The molecule has 0 bridgehead atoms. The quantitative estimate of drug-likeness (QED) is 0.537. The number of nitrogens with two attached hydrogens (primary N) is 1. The maximum absolute atomic E-state index is 11.4. The summed E-state index contributed by atoms with van der Waals surface area (Å²) in [6, 6.07) is 0.122. The fourth-order valence-corrected chi connectivity index (χ4v) is 1.14. The molecule has 0 spiro atoms. The second kappa shape index (κ2) is 2.56. The zero-order valence-electron chi connectivity index (χ0n) is 6.40. The summed E-state index contributed by atoms with van der Waals surface area (Å²) in [5, 5.41) is 6.10. The Labute approximate surface area is 68.8 Å². The Morgan fingerprint density at radius 2 is 2.50 bits per heavy atom. The minimum absolute atomic E-state index is 0.122. The fourth-order valence-electron chi connectivity index (χ4n) is 1.14. The van der Waals surface area contributed by atoms with Crippen LogP contribution in [0.3, 0.4) is 0 Å². The van der Waals surface area contributed by atoms with E-state index in [0.29, 0.717) is 13.1 Å². The highest BCUT2D eigenvalue weighted by Gasteiger charge is 2.29. The lowest BCUT2D eigenvalue weighted by Gasteiger charge is -2.35. The van der Waals surface area contributed by atoms with Crippen molar-refractivity contribution in [3.63, 3.8) is 0 Å². The van der Waals surface area contributed by atoms with E-state index in [1.165, 1.54) is 6.33 Å².